The van der Waals surface area contributed by atoms with Gasteiger partial charge >= 0.3 is 0 Å². The van der Waals surface area contributed by atoms with E-state index in [2.05, 4.69) is 20.3 Å². The number of pyridine rings is 1. The molecule has 0 bridgehead atoms. The van der Waals surface area contributed by atoms with Gasteiger partial charge in [0.05, 0.1) is 19.5 Å². The van der Waals surface area contributed by atoms with E-state index < -0.39 is 0 Å². The maximum Gasteiger partial charge on any atom is 0.188 e. The first kappa shape index (κ1) is 14.9. The zero-order valence-electron chi connectivity index (χ0n) is 12.4. The summed E-state index contributed by atoms with van der Waals surface area (Å²) in [6.45, 7) is 0.861. The minimum atomic E-state index is 0.00619. The Morgan fingerprint density at radius 2 is 1.95 bits per heavy atom. The predicted octanol–water partition coefficient (Wildman–Crippen LogP) is 0.411. The number of fused-ring (bicyclic) bond motifs is 3. The molecule has 118 valence electrons. The van der Waals surface area contributed by atoms with Gasteiger partial charge in [0.15, 0.2) is 10.9 Å². The van der Waals surface area contributed by atoms with Crippen LogP contribution >= 0.6 is 11.3 Å². The Kier molecular flexibility index (Phi) is 4.10. The number of nitrogens with one attached hydrogen (secondary N) is 1. The highest BCUT2D eigenvalue weighted by molar-refractivity contribution is 7.22. The Bertz CT molecular complexity index is 793. The third-order valence-electron chi connectivity index (χ3n) is 3.44. The number of anilines is 2. The lowest BCUT2D eigenvalue weighted by molar-refractivity contribution is 0.281. The van der Waals surface area contributed by atoms with Gasteiger partial charge in [0.25, 0.3) is 0 Å². The van der Waals surface area contributed by atoms with Crippen LogP contribution in [0, 0.1) is 0 Å². The molecule has 3 aromatic rings. The van der Waals surface area contributed by atoms with Crippen LogP contribution in [0.1, 0.15) is 0 Å². The molecule has 8 nitrogen and oxygen atoms in total. The standard InChI is InChI=1S/C13H18N6O2S/c1-14-11-8-10(18(2)7-15-8)9-12(17-11)22-13(16-9)19(3-5-20)4-6-21/h7,20-21H,3-6H2,1-2H3,(H,14,17). The predicted molar refractivity (Wildman–Crippen MR) is 87.6 cm³/mol. The van der Waals surface area contributed by atoms with Gasteiger partial charge in [0.1, 0.15) is 21.4 Å². The number of aliphatic hydroxyl groups excluding tert-OH is 2. The summed E-state index contributed by atoms with van der Waals surface area (Å²) in [5.74, 6) is 0.717. The number of rotatable bonds is 6. The molecular formula is C13H18N6O2S. The number of imidazole rings is 1. The minimum absolute atomic E-state index is 0.00619. The number of aromatic nitrogens is 4. The van der Waals surface area contributed by atoms with E-state index >= 15 is 0 Å². The fourth-order valence-corrected chi connectivity index (χ4v) is 3.42. The zero-order chi connectivity index (χ0) is 15.7. The molecule has 0 saturated carbocycles. The van der Waals surface area contributed by atoms with Crippen molar-refractivity contribution in [3.8, 4) is 0 Å². The summed E-state index contributed by atoms with van der Waals surface area (Å²) in [6, 6.07) is 0. The molecule has 0 aromatic carbocycles. The molecule has 3 N–H and O–H groups in total. The first-order valence-electron chi connectivity index (χ1n) is 6.95. The van der Waals surface area contributed by atoms with E-state index in [1.807, 2.05) is 23.6 Å². The van der Waals surface area contributed by atoms with Crippen molar-refractivity contribution < 1.29 is 10.2 Å². The molecule has 9 heteroatoms. The lowest BCUT2D eigenvalue weighted by Gasteiger charge is -2.18. The molecule has 0 spiro atoms. The number of hydrogen-bond acceptors (Lipinski definition) is 8. The maximum absolute atomic E-state index is 9.18. The molecule has 3 rings (SSSR count). The summed E-state index contributed by atoms with van der Waals surface area (Å²) in [4.78, 5) is 16.3. The van der Waals surface area contributed by atoms with Gasteiger partial charge in [-0.1, -0.05) is 11.3 Å². The molecule has 0 aliphatic carbocycles. The van der Waals surface area contributed by atoms with E-state index in [0.717, 1.165) is 26.5 Å². The van der Waals surface area contributed by atoms with Crippen LogP contribution in [0.4, 0.5) is 10.9 Å². The highest BCUT2D eigenvalue weighted by Crippen LogP contribution is 2.34. The number of aliphatic hydroxyl groups is 2. The normalized spacial score (nSPS) is 11.5. The third kappa shape index (κ3) is 2.36. The quantitative estimate of drug-likeness (QED) is 0.604. The van der Waals surface area contributed by atoms with Crippen molar-refractivity contribution in [1.82, 2.24) is 19.5 Å². The Labute approximate surface area is 131 Å². The van der Waals surface area contributed by atoms with E-state index in [9.17, 15) is 10.2 Å². The average Bonchev–Trinajstić information content (AvgIpc) is 3.09. The van der Waals surface area contributed by atoms with Crippen molar-refractivity contribution in [1.29, 1.82) is 0 Å². The van der Waals surface area contributed by atoms with Crippen LogP contribution in [-0.4, -0.2) is 63.1 Å². The molecule has 0 saturated heterocycles. The van der Waals surface area contributed by atoms with Crippen LogP contribution in [0.3, 0.4) is 0 Å². The zero-order valence-corrected chi connectivity index (χ0v) is 13.3. The van der Waals surface area contributed by atoms with Crippen molar-refractivity contribution in [2.75, 3.05) is 43.6 Å². The highest BCUT2D eigenvalue weighted by atomic mass is 32.1. The molecular weight excluding hydrogens is 304 g/mol. The van der Waals surface area contributed by atoms with E-state index in [1.165, 1.54) is 11.3 Å². The summed E-state index contributed by atoms with van der Waals surface area (Å²) in [7, 11) is 3.74. The van der Waals surface area contributed by atoms with E-state index in [-0.39, 0.29) is 13.2 Å². The van der Waals surface area contributed by atoms with Crippen LogP contribution in [0.2, 0.25) is 0 Å². The Morgan fingerprint density at radius 3 is 2.59 bits per heavy atom. The molecule has 22 heavy (non-hydrogen) atoms. The number of nitrogens with zero attached hydrogens (tertiary/aromatic N) is 5. The number of aryl methyl sites for hydroxylation is 1. The topological polar surface area (TPSA) is 99.3 Å². The Morgan fingerprint density at radius 1 is 1.23 bits per heavy atom. The SMILES string of the molecule is CNc1nc2sc(N(CCO)CCO)nc2c2c1ncn2C. The number of hydrogen-bond donors (Lipinski definition) is 3. The summed E-state index contributed by atoms with van der Waals surface area (Å²) < 4.78 is 1.92. The molecule has 0 amide bonds. The average molecular weight is 322 g/mol. The van der Waals surface area contributed by atoms with Crippen molar-refractivity contribution >= 4 is 43.7 Å². The van der Waals surface area contributed by atoms with Crippen LogP contribution in [0.25, 0.3) is 21.4 Å². The van der Waals surface area contributed by atoms with E-state index in [4.69, 9.17) is 0 Å². The van der Waals surface area contributed by atoms with Crippen molar-refractivity contribution in [2.45, 2.75) is 0 Å². The molecule has 0 fully saturated rings. The third-order valence-corrected chi connectivity index (χ3v) is 4.45. The fourth-order valence-electron chi connectivity index (χ4n) is 2.42. The van der Waals surface area contributed by atoms with Crippen molar-refractivity contribution in [2.24, 2.45) is 7.05 Å². The van der Waals surface area contributed by atoms with Gasteiger partial charge in [0.2, 0.25) is 0 Å². The Balaban J connectivity index is 2.20. The largest absolute Gasteiger partial charge is 0.395 e. The van der Waals surface area contributed by atoms with Gasteiger partial charge in [-0.3, -0.25) is 0 Å². The summed E-state index contributed by atoms with van der Waals surface area (Å²) in [5.41, 5.74) is 2.49. The van der Waals surface area contributed by atoms with Gasteiger partial charge in [-0.05, 0) is 0 Å². The fraction of sp³-hybridized carbons (Fsp3) is 0.462. The van der Waals surface area contributed by atoms with Gasteiger partial charge in [0, 0.05) is 27.2 Å². The summed E-state index contributed by atoms with van der Waals surface area (Å²) in [6.07, 6.45) is 1.74. The second-order valence-corrected chi connectivity index (χ2v) is 5.80. The molecule has 3 heterocycles. The monoisotopic (exact) mass is 322 g/mol. The van der Waals surface area contributed by atoms with E-state index in [1.54, 1.807) is 6.33 Å². The highest BCUT2D eigenvalue weighted by Gasteiger charge is 2.18. The first-order valence-corrected chi connectivity index (χ1v) is 7.77. The van der Waals surface area contributed by atoms with Crippen LogP contribution in [0.5, 0.6) is 0 Å². The number of thiazole rings is 1. The van der Waals surface area contributed by atoms with E-state index in [0.29, 0.717) is 18.9 Å². The lowest BCUT2D eigenvalue weighted by Crippen LogP contribution is -2.29. The maximum atomic E-state index is 9.18. The molecule has 0 radical (unpaired) electrons. The Hall–Kier alpha value is -1.97. The molecule has 0 unspecified atom stereocenters. The van der Waals surface area contributed by atoms with Crippen LogP contribution < -0.4 is 10.2 Å². The van der Waals surface area contributed by atoms with Gasteiger partial charge in [-0.2, -0.15) is 0 Å². The van der Waals surface area contributed by atoms with Crippen LogP contribution in [0.15, 0.2) is 6.33 Å². The molecule has 3 aromatic heterocycles. The van der Waals surface area contributed by atoms with Crippen molar-refractivity contribution in [3.63, 3.8) is 0 Å². The van der Waals surface area contributed by atoms with Gasteiger partial charge < -0.3 is 25.0 Å². The minimum Gasteiger partial charge on any atom is -0.395 e. The first-order chi connectivity index (χ1) is 10.7. The van der Waals surface area contributed by atoms with Crippen molar-refractivity contribution in [3.05, 3.63) is 6.33 Å². The lowest BCUT2D eigenvalue weighted by atomic mass is 10.3. The second-order valence-electron chi connectivity index (χ2n) is 4.85. The second kappa shape index (κ2) is 6.03. The van der Waals surface area contributed by atoms with Gasteiger partial charge in [-0.25, -0.2) is 15.0 Å². The molecule has 0 aliphatic heterocycles. The van der Waals surface area contributed by atoms with Crippen LogP contribution in [-0.2, 0) is 7.05 Å². The summed E-state index contributed by atoms with van der Waals surface area (Å²) in [5, 5.41) is 22.2. The van der Waals surface area contributed by atoms with Gasteiger partial charge in [-0.15, -0.1) is 0 Å². The smallest absolute Gasteiger partial charge is 0.188 e. The molecule has 0 aliphatic rings. The molecule has 0 atom stereocenters. The summed E-state index contributed by atoms with van der Waals surface area (Å²) >= 11 is 1.44.